The molecule has 0 atom stereocenters. The molecule has 2 aliphatic rings. The minimum absolute atomic E-state index is 0.331. The quantitative estimate of drug-likeness (QED) is 0.743. The number of hydrogen-bond donors (Lipinski definition) is 1. The monoisotopic (exact) mass is 230 g/mol. The summed E-state index contributed by atoms with van der Waals surface area (Å²) in [5.74, 6) is 0.684. The van der Waals surface area contributed by atoms with E-state index in [0.717, 1.165) is 37.7 Å². The fourth-order valence-electron chi connectivity index (χ4n) is 3.66. The summed E-state index contributed by atoms with van der Waals surface area (Å²) >= 11 is 0. The SMILES string of the molecule is O=C1CCc2cccc(O)c2C12CCCCC2. The first-order valence-corrected chi connectivity index (χ1v) is 6.59. The average Bonchev–Trinajstić information content (AvgIpc) is 2.35. The highest BCUT2D eigenvalue weighted by molar-refractivity contribution is 5.93. The lowest BCUT2D eigenvalue weighted by atomic mass is 9.61. The molecule has 1 fully saturated rings. The van der Waals surface area contributed by atoms with E-state index in [1.165, 1.54) is 12.0 Å². The van der Waals surface area contributed by atoms with Gasteiger partial charge >= 0.3 is 0 Å². The minimum Gasteiger partial charge on any atom is -0.508 e. The molecule has 0 bridgehead atoms. The van der Waals surface area contributed by atoms with E-state index in [4.69, 9.17) is 0 Å². The summed E-state index contributed by atoms with van der Waals surface area (Å²) < 4.78 is 0. The van der Waals surface area contributed by atoms with Gasteiger partial charge in [0, 0.05) is 12.0 Å². The highest BCUT2D eigenvalue weighted by Crippen LogP contribution is 2.48. The van der Waals surface area contributed by atoms with E-state index in [2.05, 4.69) is 6.07 Å². The van der Waals surface area contributed by atoms with Crippen molar-refractivity contribution in [3.05, 3.63) is 29.3 Å². The van der Waals surface area contributed by atoms with E-state index in [1.54, 1.807) is 6.07 Å². The van der Waals surface area contributed by atoms with Gasteiger partial charge in [0.25, 0.3) is 0 Å². The number of aryl methyl sites for hydroxylation is 1. The lowest BCUT2D eigenvalue weighted by Crippen LogP contribution is -2.41. The maximum Gasteiger partial charge on any atom is 0.143 e. The van der Waals surface area contributed by atoms with Gasteiger partial charge in [0.05, 0.1) is 5.41 Å². The van der Waals surface area contributed by atoms with Crippen molar-refractivity contribution in [2.24, 2.45) is 0 Å². The average molecular weight is 230 g/mol. The predicted molar refractivity (Wildman–Crippen MR) is 66.2 cm³/mol. The number of phenols is 1. The number of ketones is 1. The molecule has 0 aliphatic heterocycles. The minimum atomic E-state index is -0.350. The molecule has 1 aromatic rings. The van der Waals surface area contributed by atoms with Crippen LogP contribution in [-0.2, 0) is 16.6 Å². The summed E-state index contributed by atoms with van der Waals surface area (Å²) in [7, 11) is 0. The Morgan fingerprint density at radius 2 is 1.82 bits per heavy atom. The third kappa shape index (κ3) is 1.50. The molecule has 3 rings (SSSR count). The van der Waals surface area contributed by atoms with E-state index < -0.39 is 0 Å². The van der Waals surface area contributed by atoms with Crippen molar-refractivity contribution in [3.8, 4) is 5.75 Å². The van der Waals surface area contributed by atoms with Crippen molar-refractivity contribution in [1.82, 2.24) is 0 Å². The topological polar surface area (TPSA) is 37.3 Å². The Bertz CT molecular complexity index is 456. The van der Waals surface area contributed by atoms with E-state index in [1.807, 2.05) is 6.07 Å². The fraction of sp³-hybridized carbons (Fsp3) is 0.533. The van der Waals surface area contributed by atoms with E-state index >= 15 is 0 Å². The van der Waals surface area contributed by atoms with Crippen LogP contribution < -0.4 is 0 Å². The lowest BCUT2D eigenvalue weighted by Gasteiger charge is -2.40. The largest absolute Gasteiger partial charge is 0.508 e. The Morgan fingerprint density at radius 1 is 1.06 bits per heavy atom. The van der Waals surface area contributed by atoms with E-state index in [0.29, 0.717) is 18.0 Å². The molecule has 1 N–H and O–H groups in total. The second-order valence-corrected chi connectivity index (χ2v) is 5.38. The van der Waals surface area contributed by atoms with Gasteiger partial charge < -0.3 is 5.11 Å². The first kappa shape index (κ1) is 10.8. The lowest BCUT2D eigenvalue weighted by molar-refractivity contribution is -0.126. The fourth-order valence-corrected chi connectivity index (χ4v) is 3.66. The molecule has 0 heterocycles. The van der Waals surface area contributed by atoms with Crippen LogP contribution in [0.15, 0.2) is 18.2 Å². The maximum absolute atomic E-state index is 12.4. The molecule has 0 amide bonds. The summed E-state index contributed by atoms with van der Waals surface area (Å²) in [6, 6.07) is 5.69. The Morgan fingerprint density at radius 3 is 2.59 bits per heavy atom. The van der Waals surface area contributed by atoms with Crippen LogP contribution in [-0.4, -0.2) is 10.9 Å². The Balaban J connectivity index is 2.18. The zero-order valence-corrected chi connectivity index (χ0v) is 10.0. The summed E-state index contributed by atoms with van der Waals surface area (Å²) in [6.07, 6.45) is 6.74. The van der Waals surface area contributed by atoms with Crippen LogP contribution in [0.4, 0.5) is 0 Å². The second kappa shape index (κ2) is 3.86. The van der Waals surface area contributed by atoms with Gasteiger partial charge in [-0.2, -0.15) is 0 Å². The molecular weight excluding hydrogens is 212 g/mol. The Labute approximate surface area is 102 Å². The number of fused-ring (bicyclic) bond motifs is 2. The van der Waals surface area contributed by atoms with Crippen LogP contribution in [0.5, 0.6) is 5.75 Å². The summed E-state index contributed by atoms with van der Waals surface area (Å²) in [5, 5.41) is 10.1. The smallest absolute Gasteiger partial charge is 0.143 e. The van der Waals surface area contributed by atoms with Crippen molar-refractivity contribution in [3.63, 3.8) is 0 Å². The molecule has 1 spiro atoms. The van der Waals surface area contributed by atoms with Gasteiger partial charge in [-0.1, -0.05) is 31.4 Å². The van der Waals surface area contributed by atoms with Gasteiger partial charge in [0.15, 0.2) is 0 Å². The molecule has 1 saturated carbocycles. The molecule has 90 valence electrons. The second-order valence-electron chi connectivity index (χ2n) is 5.38. The Kier molecular flexibility index (Phi) is 2.46. The number of carbonyl (C=O) groups is 1. The molecule has 0 aromatic heterocycles. The number of benzene rings is 1. The van der Waals surface area contributed by atoms with Crippen molar-refractivity contribution < 1.29 is 9.90 Å². The van der Waals surface area contributed by atoms with E-state index in [-0.39, 0.29) is 5.41 Å². The van der Waals surface area contributed by atoms with Crippen molar-refractivity contribution in [2.75, 3.05) is 0 Å². The van der Waals surface area contributed by atoms with Crippen molar-refractivity contribution >= 4 is 5.78 Å². The van der Waals surface area contributed by atoms with Crippen LogP contribution in [0, 0.1) is 0 Å². The standard InChI is InChI=1S/C15H18O2/c16-12-6-4-5-11-7-8-13(17)15(14(11)12)9-2-1-3-10-15/h4-6,16H,1-3,7-10H2. The molecule has 2 nitrogen and oxygen atoms in total. The van der Waals surface area contributed by atoms with Crippen molar-refractivity contribution in [1.29, 1.82) is 0 Å². The van der Waals surface area contributed by atoms with Crippen LogP contribution in [0.3, 0.4) is 0 Å². The normalized spacial score (nSPS) is 22.5. The van der Waals surface area contributed by atoms with Gasteiger partial charge in [-0.05, 0) is 30.9 Å². The van der Waals surface area contributed by atoms with Gasteiger partial charge in [-0.15, -0.1) is 0 Å². The Hall–Kier alpha value is -1.31. The zero-order chi connectivity index (χ0) is 11.9. The van der Waals surface area contributed by atoms with Crippen molar-refractivity contribution in [2.45, 2.75) is 50.4 Å². The van der Waals surface area contributed by atoms with Crippen LogP contribution in [0.2, 0.25) is 0 Å². The maximum atomic E-state index is 12.4. The summed E-state index contributed by atoms with van der Waals surface area (Å²) in [5.41, 5.74) is 1.79. The number of carbonyl (C=O) groups excluding carboxylic acids is 1. The molecule has 17 heavy (non-hydrogen) atoms. The highest BCUT2D eigenvalue weighted by atomic mass is 16.3. The molecule has 0 saturated heterocycles. The zero-order valence-electron chi connectivity index (χ0n) is 10.0. The number of Topliss-reactive ketones (excluding diaryl/α,β-unsaturated/α-hetero) is 1. The molecule has 0 unspecified atom stereocenters. The first-order chi connectivity index (χ1) is 8.24. The number of hydrogen-bond acceptors (Lipinski definition) is 2. The third-order valence-corrected chi connectivity index (χ3v) is 4.47. The van der Waals surface area contributed by atoms with Gasteiger partial charge in [0.2, 0.25) is 0 Å². The van der Waals surface area contributed by atoms with E-state index in [9.17, 15) is 9.90 Å². The van der Waals surface area contributed by atoms with Crippen LogP contribution >= 0.6 is 0 Å². The predicted octanol–water partition coefficient (Wildman–Crippen LogP) is 3.11. The third-order valence-electron chi connectivity index (χ3n) is 4.47. The van der Waals surface area contributed by atoms with Gasteiger partial charge in [-0.3, -0.25) is 4.79 Å². The summed E-state index contributed by atoms with van der Waals surface area (Å²) in [4.78, 5) is 12.4. The first-order valence-electron chi connectivity index (χ1n) is 6.59. The number of phenolic OH excluding ortho intramolecular Hbond substituents is 1. The molecule has 1 aromatic carbocycles. The molecular formula is C15H18O2. The summed E-state index contributed by atoms with van der Waals surface area (Å²) in [6.45, 7) is 0. The molecule has 2 heteroatoms. The highest BCUT2D eigenvalue weighted by Gasteiger charge is 2.45. The van der Waals surface area contributed by atoms with Crippen LogP contribution in [0.25, 0.3) is 0 Å². The molecule has 2 aliphatic carbocycles. The van der Waals surface area contributed by atoms with Crippen LogP contribution in [0.1, 0.15) is 49.7 Å². The van der Waals surface area contributed by atoms with Gasteiger partial charge in [0.1, 0.15) is 11.5 Å². The van der Waals surface area contributed by atoms with Gasteiger partial charge in [-0.25, -0.2) is 0 Å². The number of aromatic hydroxyl groups is 1. The number of rotatable bonds is 0. The molecule has 0 radical (unpaired) electrons.